The van der Waals surface area contributed by atoms with Crippen LogP contribution in [0.25, 0.3) is 0 Å². The van der Waals surface area contributed by atoms with Gasteiger partial charge in [0.25, 0.3) is 0 Å². The van der Waals surface area contributed by atoms with Crippen molar-refractivity contribution >= 4 is 0 Å². The Hall–Kier alpha value is 0.184. The van der Waals surface area contributed by atoms with Crippen molar-refractivity contribution in [3.05, 3.63) is 32.1 Å². The van der Waals surface area contributed by atoms with Gasteiger partial charge in [-0.15, -0.1) is 11.6 Å². The van der Waals surface area contributed by atoms with Crippen LogP contribution in [0, 0.1) is 13.0 Å². The van der Waals surface area contributed by atoms with Crippen LogP contribution in [0.3, 0.4) is 0 Å². The molecule has 0 aliphatic rings. The van der Waals surface area contributed by atoms with Gasteiger partial charge in [-0.3, -0.25) is 0 Å². The van der Waals surface area contributed by atoms with Gasteiger partial charge in [0, 0.05) is 0 Å². The van der Waals surface area contributed by atoms with Crippen molar-refractivity contribution in [1.29, 1.82) is 0 Å². The van der Waals surface area contributed by atoms with E-state index >= 15 is 0 Å². The quantitative estimate of drug-likeness (QED) is 0.398. The molecule has 0 saturated heterocycles. The van der Waals surface area contributed by atoms with Crippen LogP contribution in [0.1, 0.15) is 5.56 Å². The van der Waals surface area contributed by atoms with Gasteiger partial charge in [0.1, 0.15) is 10.9 Å². The predicted octanol–water partition coefficient (Wildman–Crippen LogP) is -0.611. The average molecular weight is 184 g/mol. The molecule has 0 bridgehead atoms. The molecular weight excluding hydrogens is 181 g/mol. The third kappa shape index (κ3) is 1.12. The fraction of sp³-hybridized carbons (Fsp3) is 0.200. The Balaban J connectivity index is 0.000000490. The molecule has 0 aromatic heterocycles. The summed E-state index contributed by atoms with van der Waals surface area (Å²) in [5.41, 5.74) is -0.428. The van der Waals surface area contributed by atoms with E-state index in [4.69, 9.17) is 0 Å². The minimum Gasteiger partial charge on any atom is -0.362 e. The molecule has 0 saturated carbocycles. The van der Waals surface area contributed by atoms with Crippen LogP contribution < -0.4 is 10.9 Å². The zero-order valence-corrected chi connectivity index (χ0v) is 7.23. The first-order valence-electron chi connectivity index (χ1n) is 1.91. The van der Waals surface area contributed by atoms with Gasteiger partial charge in [-0.25, -0.2) is 0 Å². The van der Waals surface area contributed by atoms with E-state index < -0.39 is 5.43 Å². The maximum absolute atomic E-state index is 10.1. The van der Waals surface area contributed by atoms with E-state index in [1.54, 1.807) is 6.92 Å². The first kappa shape index (κ1) is 8.18. The Kier molecular flexibility index (Phi) is 2.71. The molecule has 3 heteroatoms. The second-order valence-electron chi connectivity index (χ2n) is 1.41. The summed E-state index contributed by atoms with van der Waals surface area (Å²) < 4.78 is 0. The maximum atomic E-state index is 10.1. The Labute approximate surface area is 71.5 Å². The first-order chi connectivity index (χ1) is 3.22. The molecule has 2 nitrogen and oxygen atoms in total. The van der Waals surface area contributed by atoms with Crippen molar-refractivity contribution in [3.8, 4) is 0 Å². The molecular formula is C5H3O2Y+2. The van der Waals surface area contributed by atoms with Gasteiger partial charge in [-0.05, 0) is 0 Å². The van der Waals surface area contributed by atoms with Crippen LogP contribution in [0.4, 0.5) is 0 Å². The molecule has 0 atom stereocenters. The van der Waals surface area contributed by atoms with Crippen molar-refractivity contribution in [2.75, 3.05) is 0 Å². The molecule has 0 heterocycles. The molecule has 0 unspecified atom stereocenters. The van der Waals surface area contributed by atoms with Crippen molar-refractivity contribution in [2.45, 2.75) is 6.92 Å². The van der Waals surface area contributed by atoms with E-state index in [0.717, 1.165) is 0 Å². The van der Waals surface area contributed by atoms with E-state index in [1.807, 2.05) is 0 Å². The molecule has 0 spiro atoms. The van der Waals surface area contributed by atoms with Crippen LogP contribution in [0.2, 0.25) is 0 Å². The smallest absolute Gasteiger partial charge is 0.362 e. The van der Waals surface area contributed by atoms with Crippen molar-refractivity contribution < 1.29 is 32.7 Å². The zero-order valence-electron chi connectivity index (χ0n) is 4.39. The Morgan fingerprint density at radius 3 is 1.88 bits per heavy atom. The fourth-order valence-corrected chi connectivity index (χ4v) is 0.392. The van der Waals surface area contributed by atoms with Crippen LogP contribution in [0.15, 0.2) is 9.59 Å². The third-order valence-corrected chi connectivity index (χ3v) is 0.848. The van der Waals surface area contributed by atoms with Gasteiger partial charge in [0.15, 0.2) is 0 Å². The molecule has 0 N–H and O–H groups in total. The summed E-state index contributed by atoms with van der Waals surface area (Å²) in [6.07, 6.45) is 0. The average Bonchev–Trinajstić information content (AvgIpc) is 1.68. The van der Waals surface area contributed by atoms with Crippen LogP contribution in [-0.2, 0) is 32.7 Å². The molecule has 0 fully saturated rings. The van der Waals surface area contributed by atoms with E-state index in [0.29, 0.717) is 5.56 Å². The van der Waals surface area contributed by atoms with Crippen LogP contribution in [0.5, 0.6) is 0 Å². The monoisotopic (exact) mass is 184 g/mol. The maximum Gasteiger partial charge on any atom is 3.00 e. The van der Waals surface area contributed by atoms with E-state index in [2.05, 4.69) is 6.07 Å². The molecule has 0 aliphatic heterocycles. The van der Waals surface area contributed by atoms with Gasteiger partial charge in [0.2, 0.25) is 0 Å². The van der Waals surface area contributed by atoms with E-state index in [1.165, 1.54) is 0 Å². The minimum absolute atomic E-state index is 0. The van der Waals surface area contributed by atoms with Gasteiger partial charge >= 0.3 is 32.7 Å². The largest absolute Gasteiger partial charge is 3.00 e. The molecule has 0 radical (unpaired) electrons. The van der Waals surface area contributed by atoms with E-state index in [9.17, 15) is 9.59 Å². The number of rotatable bonds is 0. The Bertz CT molecular complexity index is 244. The van der Waals surface area contributed by atoms with Gasteiger partial charge < -0.3 is 9.59 Å². The fourth-order valence-electron chi connectivity index (χ4n) is 0.392. The summed E-state index contributed by atoms with van der Waals surface area (Å²) in [6, 6.07) is 2.28. The number of hydrogen-bond acceptors (Lipinski definition) is 2. The number of aryl methyl sites for hydroxylation is 1. The molecule has 1 aromatic rings. The topological polar surface area (TPSA) is 34.1 Å². The molecule has 36 valence electrons. The van der Waals surface area contributed by atoms with Crippen LogP contribution in [-0.4, -0.2) is 0 Å². The van der Waals surface area contributed by atoms with Crippen molar-refractivity contribution in [2.24, 2.45) is 0 Å². The number of hydrogen-bond donors (Lipinski definition) is 0. The molecule has 1 rings (SSSR count). The first-order valence-corrected chi connectivity index (χ1v) is 1.91. The SMILES string of the molecule is Cc1[c-]c(=O)c1=O.[Y+3]. The summed E-state index contributed by atoms with van der Waals surface area (Å²) in [5, 5.41) is 0. The normalized spacial score (nSPS) is 8.62. The minimum atomic E-state index is -0.488. The molecule has 0 aliphatic carbocycles. The zero-order chi connectivity index (χ0) is 5.44. The van der Waals surface area contributed by atoms with Gasteiger partial charge in [0.05, 0.1) is 0 Å². The third-order valence-electron chi connectivity index (χ3n) is 0.848. The van der Waals surface area contributed by atoms with Gasteiger partial charge in [-0.2, -0.15) is 0 Å². The second kappa shape index (κ2) is 2.65. The summed E-state index contributed by atoms with van der Waals surface area (Å²) in [5.74, 6) is 0. The van der Waals surface area contributed by atoms with Crippen molar-refractivity contribution in [1.82, 2.24) is 0 Å². The molecule has 1 aromatic carbocycles. The Morgan fingerprint density at radius 2 is 1.88 bits per heavy atom. The second-order valence-corrected chi connectivity index (χ2v) is 1.41. The summed E-state index contributed by atoms with van der Waals surface area (Å²) in [4.78, 5) is 20.1. The predicted molar refractivity (Wildman–Crippen MR) is 24.9 cm³/mol. The molecule has 8 heavy (non-hydrogen) atoms. The van der Waals surface area contributed by atoms with Crippen LogP contribution >= 0.6 is 0 Å². The summed E-state index contributed by atoms with van der Waals surface area (Å²) >= 11 is 0. The van der Waals surface area contributed by atoms with Gasteiger partial charge in [-0.1, -0.05) is 6.92 Å². The van der Waals surface area contributed by atoms with Crippen molar-refractivity contribution in [3.63, 3.8) is 0 Å². The summed E-state index contributed by atoms with van der Waals surface area (Å²) in [7, 11) is 0. The summed E-state index contributed by atoms with van der Waals surface area (Å²) in [6.45, 7) is 1.57. The standard InChI is InChI=1S/C5H3O2.Y/c1-3-2-4(6)5(3)7;/h1H3;/q-1;+3. The molecule has 0 amide bonds. The van der Waals surface area contributed by atoms with E-state index in [-0.39, 0.29) is 38.1 Å². The Morgan fingerprint density at radius 1 is 1.38 bits per heavy atom.